The number of hydrogen-bond acceptors (Lipinski definition) is 5. The number of rotatable bonds is 4. The number of halogens is 1. The van der Waals surface area contributed by atoms with E-state index in [1.807, 2.05) is 30.5 Å². The van der Waals surface area contributed by atoms with E-state index < -0.39 is 0 Å². The van der Waals surface area contributed by atoms with E-state index in [0.717, 1.165) is 24.1 Å². The molecule has 4 rings (SSSR count). The summed E-state index contributed by atoms with van der Waals surface area (Å²) in [5, 5.41) is 8.98. The molecule has 2 N–H and O–H groups in total. The summed E-state index contributed by atoms with van der Waals surface area (Å²) < 4.78 is 7.04. The molecule has 0 saturated heterocycles. The number of nitrogens with two attached hydrogens (primary N) is 1. The Balaban J connectivity index is 1.59. The standard InChI is InChI=1S/C15H14ClN5O/c16-11-3-5-12(6-4-11)21-8-10(7-18-21)15-19-14(20-22-15)13(17)9-1-2-9/h3-9,13H,1-2,17H2. The second-order valence-electron chi connectivity index (χ2n) is 5.47. The van der Waals surface area contributed by atoms with E-state index >= 15 is 0 Å². The van der Waals surface area contributed by atoms with Crippen molar-refractivity contribution in [2.24, 2.45) is 11.7 Å². The Kier molecular flexibility index (Phi) is 3.20. The molecule has 112 valence electrons. The maximum absolute atomic E-state index is 6.08. The topological polar surface area (TPSA) is 82.8 Å². The summed E-state index contributed by atoms with van der Waals surface area (Å²) in [6.07, 6.45) is 5.80. The van der Waals surface area contributed by atoms with Gasteiger partial charge in [-0.25, -0.2) is 4.68 Å². The first-order valence-electron chi connectivity index (χ1n) is 7.11. The van der Waals surface area contributed by atoms with Crippen molar-refractivity contribution in [1.82, 2.24) is 19.9 Å². The predicted molar refractivity (Wildman–Crippen MR) is 81.5 cm³/mol. The number of nitrogens with zero attached hydrogens (tertiary/aromatic N) is 4. The lowest BCUT2D eigenvalue weighted by atomic mass is 10.2. The van der Waals surface area contributed by atoms with E-state index in [2.05, 4.69) is 15.2 Å². The molecule has 0 amide bonds. The zero-order valence-electron chi connectivity index (χ0n) is 11.7. The molecule has 3 aromatic rings. The highest BCUT2D eigenvalue weighted by Gasteiger charge is 2.32. The summed E-state index contributed by atoms with van der Waals surface area (Å²) in [5.74, 6) is 1.49. The lowest BCUT2D eigenvalue weighted by Crippen LogP contribution is -2.13. The van der Waals surface area contributed by atoms with Crippen LogP contribution in [0.3, 0.4) is 0 Å². The third-order valence-electron chi connectivity index (χ3n) is 3.79. The van der Waals surface area contributed by atoms with Crippen molar-refractivity contribution in [2.45, 2.75) is 18.9 Å². The first-order valence-corrected chi connectivity index (χ1v) is 7.49. The van der Waals surface area contributed by atoms with Crippen molar-refractivity contribution in [1.29, 1.82) is 0 Å². The van der Waals surface area contributed by atoms with E-state index in [1.165, 1.54) is 0 Å². The summed E-state index contributed by atoms with van der Waals surface area (Å²) in [6.45, 7) is 0. The van der Waals surface area contributed by atoms with Crippen LogP contribution in [0.15, 0.2) is 41.2 Å². The van der Waals surface area contributed by atoms with Gasteiger partial charge in [0.1, 0.15) is 0 Å². The molecular weight excluding hydrogens is 302 g/mol. The summed E-state index contributed by atoms with van der Waals surface area (Å²) in [5.41, 5.74) is 7.75. The molecule has 0 bridgehead atoms. The van der Waals surface area contributed by atoms with E-state index in [0.29, 0.717) is 22.7 Å². The molecule has 7 heteroatoms. The van der Waals surface area contributed by atoms with Gasteiger partial charge in [-0.1, -0.05) is 16.8 Å². The fourth-order valence-electron chi connectivity index (χ4n) is 2.32. The van der Waals surface area contributed by atoms with Gasteiger partial charge in [0.15, 0.2) is 5.82 Å². The first kappa shape index (κ1) is 13.5. The molecule has 1 aliphatic rings. The van der Waals surface area contributed by atoms with Gasteiger partial charge in [0.25, 0.3) is 5.89 Å². The maximum Gasteiger partial charge on any atom is 0.261 e. The fraction of sp³-hybridized carbons (Fsp3) is 0.267. The SMILES string of the molecule is NC(c1noc(-c2cnn(-c3ccc(Cl)cc3)c2)n1)C1CC1. The maximum atomic E-state index is 6.08. The molecule has 22 heavy (non-hydrogen) atoms. The van der Waals surface area contributed by atoms with Gasteiger partial charge in [0, 0.05) is 11.2 Å². The quantitative estimate of drug-likeness (QED) is 0.800. The van der Waals surface area contributed by atoms with Gasteiger partial charge in [0.2, 0.25) is 0 Å². The number of benzene rings is 1. The molecule has 1 saturated carbocycles. The first-order chi connectivity index (χ1) is 10.7. The van der Waals surface area contributed by atoms with Crippen molar-refractivity contribution >= 4 is 11.6 Å². The minimum absolute atomic E-state index is 0.135. The highest BCUT2D eigenvalue weighted by molar-refractivity contribution is 6.30. The summed E-state index contributed by atoms with van der Waals surface area (Å²) >= 11 is 5.89. The minimum Gasteiger partial charge on any atom is -0.334 e. The van der Waals surface area contributed by atoms with Crippen molar-refractivity contribution in [2.75, 3.05) is 0 Å². The van der Waals surface area contributed by atoms with Crippen LogP contribution < -0.4 is 5.73 Å². The molecule has 2 heterocycles. The second-order valence-corrected chi connectivity index (χ2v) is 5.91. The monoisotopic (exact) mass is 315 g/mol. The molecule has 0 radical (unpaired) electrons. The normalized spacial score (nSPS) is 15.9. The van der Waals surface area contributed by atoms with Crippen LogP contribution in [-0.4, -0.2) is 19.9 Å². The average molecular weight is 316 g/mol. The van der Waals surface area contributed by atoms with Gasteiger partial charge >= 0.3 is 0 Å². The highest BCUT2D eigenvalue weighted by Crippen LogP contribution is 2.38. The molecule has 1 unspecified atom stereocenters. The molecule has 0 spiro atoms. The van der Waals surface area contributed by atoms with Crippen LogP contribution >= 0.6 is 11.6 Å². The van der Waals surface area contributed by atoms with Gasteiger partial charge in [-0.05, 0) is 43.0 Å². The third-order valence-corrected chi connectivity index (χ3v) is 4.04. The van der Waals surface area contributed by atoms with Crippen LogP contribution in [0.4, 0.5) is 0 Å². The third kappa shape index (κ3) is 2.51. The molecule has 1 aromatic carbocycles. The molecule has 1 atom stereocenters. The zero-order chi connectivity index (χ0) is 15.1. The second kappa shape index (κ2) is 5.23. The van der Waals surface area contributed by atoms with E-state index in [1.54, 1.807) is 10.9 Å². The molecule has 6 nitrogen and oxygen atoms in total. The largest absolute Gasteiger partial charge is 0.334 e. The Morgan fingerprint density at radius 1 is 1.27 bits per heavy atom. The van der Waals surface area contributed by atoms with Crippen LogP contribution in [-0.2, 0) is 0 Å². The van der Waals surface area contributed by atoms with Gasteiger partial charge < -0.3 is 10.3 Å². The van der Waals surface area contributed by atoms with E-state index in [4.69, 9.17) is 21.9 Å². The molecule has 1 aliphatic carbocycles. The number of hydrogen-bond donors (Lipinski definition) is 1. The van der Waals surface area contributed by atoms with Crippen LogP contribution in [0.5, 0.6) is 0 Å². The molecular formula is C15H14ClN5O. The van der Waals surface area contributed by atoms with Crippen molar-refractivity contribution < 1.29 is 4.52 Å². The van der Waals surface area contributed by atoms with Gasteiger partial charge in [0.05, 0.1) is 23.5 Å². The predicted octanol–water partition coefficient (Wildman–Crippen LogP) is 2.99. The van der Waals surface area contributed by atoms with Crippen molar-refractivity contribution in [3.05, 3.63) is 47.5 Å². The van der Waals surface area contributed by atoms with Crippen LogP contribution in [0.2, 0.25) is 5.02 Å². The number of aromatic nitrogens is 4. The van der Waals surface area contributed by atoms with Crippen LogP contribution in [0.1, 0.15) is 24.7 Å². The molecule has 0 aliphatic heterocycles. The van der Waals surface area contributed by atoms with Gasteiger partial charge in [-0.15, -0.1) is 0 Å². The Labute approximate surface area is 131 Å². The smallest absolute Gasteiger partial charge is 0.261 e. The van der Waals surface area contributed by atoms with Crippen molar-refractivity contribution in [3.63, 3.8) is 0 Å². The minimum atomic E-state index is -0.135. The average Bonchev–Trinajstić information content (AvgIpc) is 3.06. The van der Waals surface area contributed by atoms with Gasteiger partial charge in [-0.2, -0.15) is 10.1 Å². The fourth-order valence-corrected chi connectivity index (χ4v) is 2.45. The van der Waals surface area contributed by atoms with Crippen molar-refractivity contribution in [3.8, 4) is 17.1 Å². The van der Waals surface area contributed by atoms with E-state index in [9.17, 15) is 0 Å². The van der Waals surface area contributed by atoms with Crippen LogP contribution in [0, 0.1) is 5.92 Å². The summed E-state index contributed by atoms with van der Waals surface area (Å²) in [4.78, 5) is 4.39. The Bertz CT molecular complexity index is 790. The van der Waals surface area contributed by atoms with Gasteiger partial charge in [-0.3, -0.25) is 0 Å². The lowest BCUT2D eigenvalue weighted by molar-refractivity contribution is 0.411. The van der Waals surface area contributed by atoms with E-state index in [-0.39, 0.29) is 6.04 Å². The molecule has 1 fully saturated rings. The lowest BCUT2D eigenvalue weighted by Gasteiger charge is -2.01. The molecule has 2 aromatic heterocycles. The van der Waals surface area contributed by atoms with Crippen LogP contribution in [0.25, 0.3) is 17.1 Å². The Morgan fingerprint density at radius 3 is 2.77 bits per heavy atom. The summed E-state index contributed by atoms with van der Waals surface area (Å²) in [6, 6.07) is 7.28. The highest BCUT2D eigenvalue weighted by atomic mass is 35.5. The zero-order valence-corrected chi connectivity index (χ0v) is 12.4. The summed E-state index contributed by atoms with van der Waals surface area (Å²) in [7, 11) is 0. The Hall–Kier alpha value is -2.18. The Morgan fingerprint density at radius 2 is 2.05 bits per heavy atom.